The summed E-state index contributed by atoms with van der Waals surface area (Å²) in [6, 6.07) is 1.44. The molecular formula is C14H23N3O3. The van der Waals surface area contributed by atoms with Crippen molar-refractivity contribution in [1.82, 2.24) is 15.4 Å². The number of aromatic hydroxyl groups is 1. The van der Waals surface area contributed by atoms with Crippen molar-refractivity contribution in [2.24, 2.45) is 5.92 Å². The average molecular weight is 281 g/mol. The molecule has 2 rings (SSSR count). The molecule has 1 aliphatic heterocycles. The Kier molecular flexibility index (Phi) is 5.40. The Balaban J connectivity index is 1.56. The molecule has 1 aliphatic rings. The highest BCUT2D eigenvalue weighted by Gasteiger charge is 2.16. The van der Waals surface area contributed by atoms with Crippen LogP contribution in [0.3, 0.4) is 0 Å². The molecule has 0 aliphatic carbocycles. The number of amides is 1. The zero-order valence-corrected chi connectivity index (χ0v) is 12.0. The van der Waals surface area contributed by atoms with Crippen molar-refractivity contribution < 1.29 is 14.4 Å². The molecule has 0 saturated carbocycles. The first-order chi connectivity index (χ1) is 9.63. The first kappa shape index (κ1) is 14.8. The molecule has 6 heteroatoms. The Hall–Kier alpha value is -1.56. The van der Waals surface area contributed by atoms with E-state index in [2.05, 4.69) is 22.4 Å². The van der Waals surface area contributed by atoms with Gasteiger partial charge in [-0.3, -0.25) is 4.79 Å². The van der Waals surface area contributed by atoms with Crippen LogP contribution in [-0.4, -0.2) is 47.8 Å². The zero-order valence-electron chi connectivity index (χ0n) is 12.0. The minimum atomic E-state index is -0.136. The summed E-state index contributed by atoms with van der Waals surface area (Å²) in [6.45, 7) is 3.07. The van der Waals surface area contributed by atoms with Crippen LogP contribution < -0.4 is 5.32 Å². The fraction of sp³-hybridized carbons (Fsp3) is 0.714. The van der Waals surface area contributed by atoms with E-state index in [1.165, 1.54) is 18.9 Å². The largest absolute Gasteiger partial charge is 0.491 e. The topological polar surface area (TPSA) is 78.6 Å². The molecule has 1 aromatic rings. The number of hydrogen-bond acceptors (Lipinski definition) is 5. The maximum Gasteiger partial charge on any atom is 0.251 e. The predicted octanol–water partition coefficient (Wildman–Crippen LogP) is 1.16. The lowest BCUT2D eigenvalue weighted by Gasteiger charge is -2.28. The molecule has 112 valence electrons. The number of rotatable bonds is 6. The third-order valence-corrected chi connectivity index (χ3v) is 3.86. The lowest BCUT2D eigenvalue weighted by molar-refractivity contribution is -0.121. The SMILES string of the molecule is CN1CCC(CCNC(=O)CCc2cc(O)no2)CC1. The lowest BCUT2D eigenvalue weighted by Crippen LogP contribution is -2.32. The third-order valence-electron chi connectivity index (χ3n) is 3.86. The molecule has 2 N–H and O–H groups in total. The minimum absolute atomic E-state index is 0.0221. The number of hydrogen-bond donors (Lipinski definition) is 2. The smallest absolute Gasteiger partial charge is 0.251 e. The summed E-state index contributed by atoms with van der Waals surface area (Å²) in [5, 5.41) is 15.3. The van der Waals surface area contributed by atoms with E-state index in [-0.39, 0.29) is 11.8 Å². The molecule has 0 radical (unpaired) electrons. The molecule has 1 aromatic heterocycles. The van der Waals surface area contributed by atoms with Crippen LogP contribution in [-0.2, 0) is 11.2 Å². The van der Waals surface area contributed by atoms with E-state index < -0.39 is 0 Å². The molecule has 0 unspecified atom stereocenters. The summed E-state index contributed by atoms with van der Waals surface area (Å²) in [7, 11) is 2.15. The first-order valence-corrected chi connectivity index (χ1v) is 7.23. The summed E-state index contributed by atoms with van der Waals surface area (Å²) in [6.07, 6.45) is 4.34. The molecule has 1 amide bonds. The summed E-state index contributed by atoms with van der Waals surface area (Å²) >= 11 is 0. The van der Waals surface area contributed by atoms with Gasteiger partial charge in [0, 0.05) is 25.5 Å². The van der Waals surface area contributed by atoms with Crippen molar-refractivity contribution in [3.05, 3.63) is 11.8 Å². The Morgan fingerprint density at radius 1 is 1.55 bits per heavy atom. The van der Waals surface area contributed by atoms with Crippen molar-refractivity contribution in [3.8, 4) is 5.88 Å². The van der Waals surface area contributed by atoms with E-state index in [0.717, 1.165) is 32.0 Å². The van der Waals surface area contributed by atoms with Gasteiger partial charge in [-0.15, -0.1) is 0 Å². The van der Waals surface area contributed by atoms with E-state index in [1.54, 1.807) is 0 Å². The summed E-state index contributed by atoms with van der Waals surface area (Å²) < 4.78 is 4.84. The van der Waals surface area contributed by atoms with E-state index in [4.69, 9.17) is 9.63 Å². The normalized spacial score (nSPS) is 17.2. The number of piperidine rings is 1. The van der Waals surface area contributed by atoms with Gasteiger partial charge in [0.1, 0.15) is 5.76 Å². The number of likely N-dealkylation sites (tertiary alicyclic amines) is 1. The van der Waals surface area contributed by atoms with Gasteiger partial charge >= 0.3 is 0 Å². The second-order valence-corrected chi connectivity index (χ2v) is 5.54. The highest BCUT2D eigenvalue weighted by Crippen LogP contribution is 2.18. The van der Waals surface area contributed by atoms with Crippen LogP contribution in [0.1, 0.15) is 31.4 Å². The molecule has 0 atom stereocenters. The molecular weight excluding hydrogens is 258 g/mol. The van der Waals surface area contributed by atoms with E-state index in [9.17, 15) is 4.79 Å². The molecule has 6 nitrogen and oxygen atoms in total. The fourth-order valence-corrected chi connectivity index (χ4v) is 2.51. The van der Waals surface area contributed by atoms with Gasteiger partial charge in [-0.25, -0.2) is 0 Å². The number of carbonyl (C=O) groups excluding carboxylic acids is 1. The maximum atomic E-state index is 11.7. The van der Waals surface area contributed by atoms with Crippen LogP contribution in [0.2, 0.25) is 0 Å². The summed E-state index contributed by atoms with van der Waals surface area (Å²) in [5.74, 6) is 1.15. The van der Waals surface area contributed by atoms with Crippen LogP contribution in [0.15, 0.2) is 10.6 Å². The van der Waals surface area contributed by atoms with Gasteiger partial charge < -0.3 is 19.8 Å². The molecule has 2 heterocycles. The maximum absolute atomic E-state index is 11.7. The second kappa shape index (κ2) is 7.28. The van der Waals surface area contributed by atoms with Gasteiger partial charge in [0.15, 0.2) is 0 Å². The number of nitrogens with zero attached hydrogens (tertiary/aromatic N) is 2. The van der Waals surface area contributed by atoms with Crippen molar-refractivity contribution in [2.75, 3.05) is 26.7 Å². The van der Waals surface area contributed by atoms with Crippen LogP contribution >= 0.6 is 0 Å². The molecule has 0 bridgehead atoms. The number of aryl methyl sites for hydroxylation is 1. The van der Waals surface area contributed by atoms with Crippen LogP contribution in [0.25, 0.3) is 0 Å². The van der Waals surface area contributed by atoms with Gasteiger partial charge in [-0.2, -0.15) is 0 Å². The lowest BCUT2D eigenvalue weighted by atomic mass is 9.94. The molecule has 20 heavy (non-hydrogen) atoms. The van der Waals surface area contributed by atoms with Gasteiger partial charge in [0.2, 0.25) is 5.91 Å². The van der Waals surface area contributed by atoms with Gasteiger partial charge in [0.05, 0.1) is 0 Å². The molecule has 0 aromatic carbocycles. The number of nitrogens with one attached hydrogen (secondary N) is 1. The highest BCUT2D eigenvalue weighted by molar-refractivity contribution is 5.76. The van der Waals surface area contributed by atoms with E-state index in [0.29, 0.717) is 18.6 Å². The second-order valence-electron chi connectivity index (χ2n) is 5.54. The van der Waals surface area contributed by atoms with Crippen LogP contribution in [0, 0.1) is 5.92 Å². The van der Waals surface area contributed by atoms with Crippen molar-refractivity contribution in [2.45, 2.75) is 32.1 Å². The first-order valence-electron chi connectivity index (χ1n) is 7.23. The van der Waals surface area contributed by atoms with Crippen LogP contribution in [0.4, 0.5) is 0 Å². The highest BCUT2D eigenvalue weighted by atomic mass is 16.5. The Morgan fingerprint density at radius 3 is 2.95 bits per heavy atom. The van der Waals surface area contributed by atoms with Crippen molar-refractivity contribution in [3.63, 3.8) is 0 Å². The van der Waals surface area contributed by atoms with E-state index >= 15 is 0 Å². The Bertz CT molecular complexity index is 425. The monoisotopic (exact) mass is 281 g/mol. The zero-order chi connectivity index (χ0) is 14.4. The third kappa shape index (κ3) is 4.85. The van der Waals surface area contributed by atoms with Gasteiger partial charge in [0.25, 0.3) is 5.88 Å². The quantitative estimate of drug-likeness (QED) is 0.818. The number of carbonyl (C=O) groups is 1. The Morgan fingerprint density at radius 2 is 2.30 bits per heavy atom. The molecule has 1 saturated heterocycles. The van der Waals surface area contributed by atoms with E-state index in [1.807, 2.05) is 0 Å². The summed E-state index contributed by atoms with van der Waals surface area (Å²) in [5.41, 5.74) is 0. The van der Waals surface area contributed by atoms with Crippen molar-refractivity contribution in [1.29, 1.82) is 0 Å². The average Bonchev–Trinajstić information content (AvgIpc) is 2.85. The Labute approximate surface area is 119 Å². The van der Waals surface area contributed by atoms with Gasteiger partial charge in [-0.1, -0.05) is 0 Å². The minimum Gasteiger partial charge on any atom is -0.491 e. The fourth-order valence-electron chi connectivity index (χ4n) is 2.51. The molecule has 0 spiro atoms. The number of aromatic nitrogens is 1. The summed E-state index contributed by atoms with van der Waals surface area (Å²) in [4.78, 5) is 14.0. The van der Waals surface area contributed by atoms with Crippen molar-refractivity contribution >= 4 is 5.91 Å². The van der Waals surface area contributed by atoms with Gasteiger partial charge in [-0.05, 0) is 50.5 Å². The molecule has 1 fully saturated rings. The predicted molar refractivity (Wildman–Crippen MR) is 74.3 cm³/mol. The standard InChI is InChI=1S/C14H23N3O3/c1-17-8-5-11(6-9-17)4-7-15-13(18)3-2-12-10-14(19)16-20-12/h10-11H,2-9H2,1H3,(H,15,18)(H,16,19). The van der Waals surface area contributed by atoms with Crippen LogP contribution in [0.5, 0.6) is 5.88 Å².